The Morgan fingerprint density at radius 2 is 2.17 bits per heavy atom. The fourth-order valence-electron chi connectivity index (χ4n) is 2.41. The molecule has 2 atom stereocenters. The first-order valence-corrected chi connectivity index (χ1v) is 6.80. The lowest BCUT2D eigenvalue weighted by atomic mass is 9.89. The third kappa shape index (κ3) is 3.39. The maximum Gasteiger partial charge on any atom is 0.255 e. The molecule has 2 N–H and O–H groups in total. The van der Waals surface area contributed by atoms with E-state index in [4.69, 9.17) is 11.6 Å². The summed E-state index contributed by atoms with van der Waals surface area (Å²) in [5.41, 5.74) is 0.329. The summed E-state index contributed by atoms with van der Waals surface area (Å²) >= 11 is 6.12. The second-order valence-electron chi connectivity index (χ2n) is 4.86. The van der Waals surface area contributed by atoms with Crippen molar-refractivity contribution in [2.75, 3.05) is 6.54 Å². The average Bonchev–Trinajstić information content (AvgIpc) is 2.37. The zero-order valence-corrected chi connectivity index (χ0v) is 11.0. The maximum atomic E-state index is 11.9. The summed E-state index contributed by atoms with van der Waals surface area (Å²) in [6, 6.07) is 6.58. The van der Waals surface area contributed by atoms with E-state index in [1.807, 2.05) is 0 Å². The number of benzene rings is 1. The monoisotopic (exact) mass is 267 g/mol. The van der Waals surface area contributed by atoms with E-state index in [-0.39, 0.29) is 17.0 Å². The van der Waals surface area contributed by atoms with E-state index in [0.717, 1.165) is 25.7 Å². The summed E-state index contributed by atoms with van der Waals surface area (Å²) < 4.78 is 0. The number of carbonyl (C=O) groups excluding carboxylic acids is 1. The SMILES string of the molecule is O=C(NCC1CCCC(Cl)C1)c1ccccc1O. The Morgan fingerprint density at radius 1 is 1.39 bits per heavy atom. The summed E-state index contributed by atoms with van der Waals surface area (Å²) in [4.78, 5) is 11.9. The molecule has 1 fully saturated rings. The zero-order valence-electron chi connectivity index (χ0n) is 10.2. The molecule has 18 heavy (non-hydrogen) atoms. The molecule has 3 nitrogen and oxygen atoms in total. The fourth-order valence-corrected chi connectivity index (χ4v) is 2.81. The normalized spacial score (nSPS) is 23.6. The second-order valence-corrected chi connectivity index (χ2v) is 5.47. The van der Waals surface area contributed by atoms with Crippen LogP contribution in [-0.2, 0) is 0 Å². The van der Waals surface area contributed by atoms with E-state index in [2.05, 4.69) is 5.32 Å². The molecule has 0 saturated heterocycles. The Kier molecular flexibility index (Phi) is 4.48. The lowest BCUT2D eigenvalue weighted by Crippen LogP contribution is -2.32. The molecule has 1 saturated carbocycles. The van der Waals surface area contributed by atoms with Crippen LogP contribution in [0.4, 0.5) is 0 Å². The predicted octanol–water partition coefficient (Wildman–Crippen LogP) is 2.92. The van der Waals surface area contributed by atoms with Crippen LogP contribution in [0.15, 0.2) is 24.3 Å². The number of hydrogen-bond acceptors (Lipinski definition) is 2. The highest BCUT2D eigenvalue weighted by atomic mass is 35.5. The number of hydrogen-bond donors (Lipinski definition) is 2. The van der Waals surface area contributed by atoms with Gasteiger partial charge in [-0.25, -0.2) is 0 Å². The largest absolute Gasteiger partial charge is 0.507 e. The van der Waals surface area contributed by atoms with Gasteiger partial charge in [0.2, 0.25) is 0 Å². The molecule has 0 radical (unpaired) electrons. The number of aromatic hydroxyl groups is 1. The van der Waals surface area contributed by atoms with Crippen LogP contribution in [0.2, 0.25) is 0 Å². The van der Waals surface area contributed by atoms with Crippen LogP contribution in [0.25, 0.3) is 0 Å². The molecule has 0 bridgehead atoms. The van der Waals surface area contributed by atoms with Gasteiger partial charge >= 0.3 is 0 Å². The van der Waals surface area contributed by atoms with Gasteiger partial charge in [-0.3, -0.25) is 4.79 Å². The van der Waals surface area contributed by atoms with Crippen molar-refractivity contribution in [1.82, 2.24) is 5.32 Å². The summed E-state index contributed by atoms with van der Waals surface area (Å²) in [6.45, 7) is 0.635. The van der Waals surface area contributed by atoms with Crippen molar-refractivity contribution in [3.8, 4) is 5.75 Å². The van der Waals surface area contributed by atoms with Gasteiger partial charge in [-0.2, -0.15) is 0 Å². The highest BCUT2D eigenvalue weighted by molar-refractivity contribution is 6.20. The van der Waals surface area contributed by atoms with Crippen LogP contribution in [0.1, 0.15) is 36.0 Å². The number of nitrogens with one attached hydrogen (secondary N) is 1. The number of carbonyl (C=O) groups is 1. The first kappa shape index (κ1) is 13.2. The summed E-state index contributed by atoms with van der Waals surface area (Å²) in [5, 5.41) is 12.7. The molecule has 0 spiro atoms. The van der Waals surface area contributed by atoms with Crippen molar-refractivity contribution in [1.29, 1.82) is 0 Å². The van der Waals surface area contributed by atoms with E-state index in [1.54, 1.807) is 18.2 Å². The molecule has 1 aliphatic rings. The molecule has 4 heteroatoms. The van der Waals surface area contributed by atoms with Crippen molar-refractivity contribution >= 4 is 17.5 Å². The van der Waals surface area contributed by atoms with Crippen molar-refractivity contribution in [3.63, 3.8) is 0 Å². The minimum Gasteiger partial charge on any atom is -0.507 e. The topological polar surface area (TPSA) is 49.3 Å². The van der Waals surface area contributed by atoms with Crippen molar-refractivity contribution in [2.24, 2.45) is 5.92 Å². The average molecular weight is 268 g/mol. The smallest absolute Gasteiger partial charge is 0.255 e. The van der Waals surface area contributed by atoms with E-state index in [1.165, 1.54) is 6.07 Å². The summed E-state index contributed by atoms with van der Waals surface area (Å²) in [7, 11) is 0. The number of halogens is 1. The molecule has 1 amide bonds. The molecule has 0 aliphatic heterocycles. The van der Waals surface area contributed by atoms with Crippen molar-refractivity contribution < 1.29 is 9.90 Å². The summed E-state index contributed by atoms with van der Waals surface area (Å²) in [6.07, 6.45) is 4.28. The molecule has 0 heterocycles. The van der Waals surface area contributed by atoms with Crippen molar-refractivity contribution in [3.05, 3.63) is 29.8 Å². The molecule has 0 aromatic heterocycles. The van der Waals surface area contributed by atoms with Crippen molar-refractivity contribution in [2.45, 2.75) is 31.1 Å². The van der Waals surface area contributed by atoms with E-state index < -0.39 is 0 Å². The van der Waals surface area contributed by atoms with E-state index in [9.17, 15) is 9.90 Å². The maximum absolute atomic E-state index is 11.9. The molecule has 2 unspecified atom stereocenters. The standard InChI is InChI=1S/C14H18ClNO2/c15-11-5-3-4-10(8-11)9-16-14(18)12-6-1-2-7-13(12)17/h1-2,6-7,10-11,17H,3-5,8-9H2,(H,16,18). The Balaban J connectivity index is 1.87. The Bertz CT molecular complexity index is 422. The quantitative estimate of drug-likeness (QED) is 0.828. The van der Waals surface area contributed by atoms with Gasteiger partial charge in [0.05, 0.1) is 5.56 Å². The minimum absolute atomic E-state index is 0.0221. The third-order valence-corrected chi connectivity index (χ3v) is 3.82. The molecule has 1 aliphatic carbocycles. The Morgan fingerprint density at radius 3 is 2.89 bits per heavy atom. The van der Waals surface area contributed by atoms with Gasteiger partial charge < -0.3 is 10.4 Å². The Hall–Kier alpha value is -1.22. The highest BCUT2D eigenvalue weighted by Crippen LogP contribution is 2.27. The first-order valence-electron chi connectivity index (χ1n) is 6.37. The summed E-state index contributed by atoms with van der Waals surface area (Å²) in [5.74, 6) is 0.259. The molecule has 98 valence electrons. The van der Waals surface area contributed by atoms with E-state index >= 15 is 0 Å². The van der Waals surface area contributed by atoms with Gasteiger partial charge in [0, 0.05) is 11.9 Å². The molecular weight excluding hydrogens is 250 g/mol. The minimum atomic E-state index is -0.218. The fraction of sp³-hybridized carbons (Fsp3) is 0.500. The third-order valence-electron chi connectivity index (χ3n) is 3.42. The van der Waals surface area contributed by atoms with Crippen LogP contribution >= 0.6 is 11.6 Å². The number of phenolic OH excluding ortho intramolecular Hbond substituents is 1. The van der Waals surface area contributed by atoms with Crippen LogP contribution in [0.3, 0.4) is 0 Å². The molecule has 1 aromatic carbocycles. The number of para-hydroxylation sites is 1. The van der Waals surface area contributed by atoms with Crippen LogP contribution < -0.4 is 5.32 Å². The number of alkyl halides is 1. The van der Waals surface area contributed by atoms with Crippen LogP contribution in [-0.4, -0.2) is 22.9 Å². The van der Waals surface area contributed by atoms with Gasteiger partial charge in [0.1, 0.15) is 5.75 Å². The molecular formula is C14H18ClNO2. The number of amides is 1. The highest BCUT2D eigenvalue weighted by Gasteiger charge is 2.21. The lowest BCUT2D eigenvalue weighted by molar-refractivity contribution is 0.0941. The van der Waals surface area contributed by atoms with Gasteiger partial charge in [0.15, 0.2) is 0 Å². The van der Waals surface area contributed by atoms with Crippen LogP contribution in [0.5, 0.6) is 5.75 Å². The number of rotatable bonds is 3. The molecule has 1 aromatic rings. The van der Waals surface area contributed by atoms with Gasteiger partial charge in [-0.15, -0.1) is 11.6 Å². The number of phenols is 1. The van der Waals surface area contributed by atoms with Gasteiger partial charge in [-0.1, -0.05) is 18.6 Å². The van der Waals surface area contributed by atoms with Gasteiger partial charge in [-0.05, 0) is 37.3 Å². The molecule has 2 rings (SSSR count). The first-order chi connectivity index (χ1) is 8.66. The lowest BCUT2D eigenvalue weighted by Gasteiger charge is -2.25. The zero-order chi connectivity index (χ0) is 13.0. The Labute approximate surface area is 112 Å². The predicted molar refractivity (Wildman–Crippen MR) is 72.0 cm³/mol. The van der Waals surface area contributed by atoms with Crippen LogP contribution in [0, 0.1) is 5.92 Å². The van der Waals surface area contributed by atoms with Gasteiger partial charge in [0.25, 0.3) is 5.91 Å². The second kappa shape index (κ2) is 6.10. The van der Waals surface area contributed by atoms with E-state index in [0.29, 0.717) is 18.0 Å².